The summed E-state index contributed by atoms with van der Waals surface area (Å²) in [5.41, 5.74) is -0.635. The Balaban J connectivity index is 1.78. The van der Waals surface area contributed by atoms with E-state index < -0.39 is 40.3 Å². The number of halogens is 4. The van der Waals surface area contributed by atoms with Gasteiger partial charge in [0.15, 0.2) is 17.5 Å². The highest BCUT2D eigenvalue weighted by molar-refractivity contribution is 5.97. The van der Waals surface area contributed by atoms with Gasteiger partial charge in [0.2, 0.25) is 11.8 Å². The molecule has 1 fully saturated rings. The summed E-state index contributed by atoms with van der Waals surface area (Å²) in [4.78, 5) is 27.1. The molecular weight excluding hydrogens is 400 g/mol. The van der Waals surface area contributed by atoms with Crippen molar-refractivity contribution >= 4 is 17.5 Å². The van der Waals surface area contributed by atoms with Gasteiger partial charge in [0, 0.05) is 6.54 Å². The van der Waals surface area contributed by atoms with Gasteiger partial charge in [0.1, 0.15) is 5.82 Å². The predicted octanol–water partition coefficient (Wildman–Crippen LogP) is 4.54. The Morgan fingerprint density at radius 3 is 2.23 bits per heavy atom. The molecule has 1 aliphatic carbocycles. The summed E-state index contributed by atoms with van der Waals surface area (Å²) in [7, 11) is 0. The van der Waals surface area contributed by atoms with E-state index in [1.807, 2.05) is 6.92 Å². The number of hydrogen-bond donors (Lipinski definition) is 1. The third-order valence-electron chi connectivity index (χ3n) is 5.44. The molecule has 2 aromatic rings. The van der Waals surface area contributed by atoms with Crippen molar-refractivity contribution in [2.75, 3.05) is 18.4 Å². The first-order valence-corrected chi connectivity index (χ1v) is 9.77. The highest BCUT2D eigenvalue weighted by Crippen LogP contribution is 2.45. The molecule has 0 aliphatic heterocycles. The van der Waals surface area contributed by atoms with Crippen molar-refractivity contribution in [3.63, 3.8) is 0 Å². The molecular formula is C22H22F4N2O2. The van der Waals surface area contributed by atoms with Gasteiger partial charge in [0.25, 0.3) is 0 Å². The fourth-order valence-corrected chi connectivity index (χ4v) is 3.74. The first-order valence-electron chi connectivity index (χ1n) is 9.77. The van der Waals surface area contributed by atoms with Crippen LogP contribution in [0.1, 0.15) is 38.2 Å². The van der Waals surface area contributed by atoms with Gasteiger partial charge in [-0.1, -0.05) is 25.5 Å². The third-order valence-corrected chi connectivity index (χ3v) is 5.44. The predicted molar refractivity (Wildman–Crippen MR) is 104 cm³/mol. The standard InChI is InChI=1S/C22H22F4N2O2/c1-2-12-28(13-18(29)27-17-9-8-16(24)19(25)20(17)26)21(30)22(10-3-11-22)14-4-6-15(23)7-5-14/h4-9H,2-3,10-13H2,1H3,(H,27,29). The second-order valence-corrected chi connectivity index (χ2v) is 7.44. The number of nitrogens with zero attached hydrogens (tertiary/aromatic N) is 1. The summed E-state index contributed by atoms with van der Waals surface area (Å²) >= 11 is 0. The molecule has 0 radical (unpaired) electrons. The van der Waals surface area contributed by atoms with Gasteiger partial charge in [-0.15, -0.1) is 0 Å². The van der Waals surface area contributed by atoms with Crippen molar-refractivity contribution in [1.82, 2.24) is 4.90 Å². The van der Waals surface area contributed by atoms with E-state index in [0.29, 0.717) is 30.9 Å². The SMILES string of the molecule is CCCN(CC(=O)Nc1ccc(F)c(F)c1F)C(=O)C1(c2ccc(F)cc2)CCC1. The maximum Gasteiger partial charge on any atom is 0.244 e. The summed E-state index contributed by atoms with van der Waals surface area (Å²) in [6, 6.07) is 7.38. The van der Waals surface area contributed by atoms with E-state index in [1.54, 1.807) is 12.1 Å². The zero-order valence-corrected chi connectivity index (χ0v) is 16.5. The molecule has 1 aliphatic rings. The molecule has 0 aromatic heterocycles. The highest BCUT2D eigenvalue weighted by Gasteiger charge is 2.47. The minimum Gasteiger partial charge on any atom is -0.333 e. The second kappa shape index (κ2) is 8.85. The van der Waals surface area contributed by atoms with E-state index in [0.717, 1.165) is 12.5 Å². The Morgan fingerprint density at radius 2 is 1.67 bits per heavy atom. The molecule has 160 valence electrons. The molecule has 0 spiro atoms. The largest absolute Gasteiger partial charge is 0.333 e. The molecule has 2 amide bonds. The van der Waals surface area contributed by atoms with Crippen molar-refractivity contribution in [3.8, 4) is 0 Å². The zero-order chi connectivity index (χ0) is 21.9. The zero-order valence-electron chi connectivity index (χ0n) is 16.5. The van der Waals surface area contributed by atoms with E-state index >= 15 is 0 Å². The Morgan fingerprint density at radius 1 is 1.00 bits per heavy atom. The van der Waals surface area contributed by atoms with E-state index in [2.05, 4.69) is 5.32 Å². The molecule has 8 heteroatoms. The average Bonchev–Trinajstić information content (AvgIpc) is 2.68. The van der Waals surface area contributed by atoms with Gasteiger partial charge in [-0.05, 0) is 49.1 Å². The number of hydrogen-bond acceptors (Lipinski definition) is 2. The van der Waals surface area contributed by atoms with E-state index in [1.165, 1.54) is 17.0 Å². The van der Waals surface area contributed by atoms with Crippen LogP contribution in [0, 0.1) is 23.3 Å². The smallest absolute Gasteiger partial charge is 0.244 e. The summed E-state index contributed by atoms with van der Waals surface area (Å²) in [5.74, 6) is -5.94. The van der Waals surface area contributed by atoms with E-state index in [4.69, 9.17) is 0 Å². The quantitative estimate of drug-likeness (QED) is 0.526. The summed E-state index contributed by atoms with van der Waals surface area (Å²) in [6.45, 7) is 1.77. The molecule has 1 N–H and O–H groups in total. The molecule has 30 heavy (non-hydrogen) atoms. The molecule has 2 aromatic carbocycles. The van der Waals surface area contributed by atoms with Crippen molar-refractivity contribution in [3.05, 3.63) is 65.2 Å². The number of rotatable bonds is 7. The second-order valence-electron chi connectivity index (χ2n) is 7.44. The minimum absolute atomic E-state index is 0.261. The number of carbonyl (C=O) groups excluding carboxylic acids is 2. The number of nitrogens with one attached hydrogen (secondary N) is 1. The van der Waals surface area contributed by atoms with Crippen LogP contribution >= 0.6 is 0 Å². The number of anilines is 1. The lowest BCUT2D eigenvalue weighted by Crippen LogP contribution is -2.53. The van der Waals surface area contributed by atoms with Gasteiger partial charge in [-0.2, -0.15) is 0 Å². The van der Waals surface area contributed by atoms with Crippen molar-refractivity contribution < 1.29 is 27.2 Å². The van der Waals surface area contributed by atoms with E-state index in [-0.39, 0.29) is 19.0 Å². The number of carbonyl (C=O) groups is 2. The monoisotopic (exact) mass is 422 g/mol. The Hall–Kier alpha value is -2.90. The van der Waals surface area contributed by atoms with Crippen LogP contribution in [-0.4, -0.2) is 29.8 Å². The minimum atomic E-state index is -1.68. The van der Waals surface area contributed by atoms with Gasteiger partial charge in [-0.3, -0.25) is 9.59 Å². The van der Waals surface area contributed by atoms with Crippen LogP contribution in [0.3, 0.4) is 0 Å². The van der Waals surface area contributed by atoms with Crippen LogP contribution in [0.4, 0.5) is 23.2 Å². The van der Waals surface area contributed by atoms with Crippen LogP contribution in [0.2, 0.25) is 0 Å². The van der Waals surface area contributed by atoms with E-state index in [9.17, 15) is 27.2 Å². The lowest BCUT2D eigenvalue weighted by atomic mass is 9.63. The Bertz CT molecular complexity index is 943. The normalized spacial score (nSPS) is 14.7. The molecule has 0 heterocycles. The van der Waals surface area contributed by atoms with Gasteiger partial charge in [0.05, 0.1) is 17.6 Å². The maximum atomic E-state index is 13.8. The van der Waals surface area contributed by atoms with Gasteiger partial charge in [-0.25, -0.2) is 17.6 Å². The third kappa shape index (κ3) is 4.17. The van der Waals surface area contributed by atoms with Crippen molar-refractivity contribution in [2.45, 2.75) is 38.0 Å². The lowest BCUT2D eigenvalue weighted by molar-refractivity contribution is -0.143. The van der Waals surface area contributed by atoms with Crippen LogP contribution < -0.4 is 5.32 Å². The van der Waals surface area contributed by atoms with Gasteiger partial charge >= 0.3 is 0 Å². The van der Waals surface area contributed by atoms with Crippen molar-refractivity contribution in [1.29, 1.82) is 0 Å². The van der Waals surface area contributed by atoms with Crippen molar-refractivity contribution in [2.24, 2.45) is 0 Å². The summed E-state index contributed by atoms with van der Waals surface area (Å²) in [6.07, 6.45) is 2.57. The summed E-state index contributed by atoms with van der Waals surface area (Å²) in [5, 5.41) is 2.19. The average molecular weight is 422 g/mol. The molecule has 0 saturated heterocycles. The summed E-state index contributed by atoms with van der Waals surface area (Å²) < 4.78 is 53.6. The Labute approximate surface area is 171 Å². The number of amides is 2. The van der Waals surface area contributed by atoms with Gasteiger partial charge < -0.3 is 10.2 Å². The van der Waals surface area contributed by atoms with Crippen LogP contribution in [0.15, 0.2) is 36.4 Å². The number of benzene rings is 2. The molecule has 0 bridgehead atoms. The molecule has 3 rings (SSSR count). The van der Waals surface area contributed by atoms with Crippen LogP contribution in [-0.2, 0) is 15.0 Å². The first-order chi connectivity index (χ1) is 14.3. The molecule has 0 atom stereocenters. The lowest BCUT2D eigenvalue weighted by Gasteiger charge is -2.44. The molecule has 0 unspecified atom stereocenters. The topological polar surface area (TPSA) is 49.4 Å². The highest BCUT2D eigenvalue weighted by atomic mass is 19.2. The first kappa shape index (κ1) is 21.8. The molecule has 4 nitrogen and oxygen atoms in total. The molecule has 1 saturated carbocycles. The maximum absolute atomic E-state index is 13.8. The van der Waals surface area contributed by atoms with Crippen LogP contribution in [0.5, 0.6) is 0 Å². The fourth-order valence-electron chi connectivity index (χ4n) is 3.74. The van der Waals surface area contributed by atoms with Crippen LogP contribution in [0.25, 0.3) is 0 Å². The Kier molecular flexibility index (Phi) is 6.43. The fraction of sp³-hybridized carbons (Fsp3) is 0.364.